The zero-order valence-electron chi connectivity index (χ0n) is 18.2. The number of nitrogens with one attached hydrogen (secondary N) is 2. The van der Waals surface area contributed by atoms with E-state index >= 15 is 0 Å². The molecule has 2 amide bonds. The monoisotopic (exact) mass is 440 g/mol. The molecule has 1 aliphatic carbocycles. The van der Waals surface area contributed by atoms with Crippen LogP contribution < -0.4 is 10.6 Å². The number of allylic oxidation sites excluding steroid dienone is 2. The van der Waals surface area contributed by atoms with Crippen LogP contribution in [0.2, 0.25) is 0 Å². The normalized spacial score (nSPS) is 18.7. The van der Waals surface area contributed by atoms with Crippen LogP contribution in [0.15, 0.2) is 47.5 Å². The molecule has 2 aromatic rings. The number of hydrogen-bond acceptors (Lipinski definition) is 4. The van der Waals surface area contributed by atoms with Gasteiger partial charge in [-0.2, -0.15) is 0 Å². The van der Waals surface area contributed by atoms with Crippen LogP contribution in [-0.4, -0.2) is 22.9 Å². The standard InChI is InChI=1S/C24H28N2O4S/c1-13(2)20-12-19(22(28)25-16-8-6-5-7-9-16)23(31-20)26-21(27)17-10-14(3)15(4)11-18(17)24(29)30/h5-9,12-13,17-18H,10-11H2,1-4H3,(H,25,28)(H,26,27)(H,29,30)/t17-,18+/m0/s1. The van der Waals surface area contributed by atoms with Gasteiger partial charge >= 0.3 is 5.97 Å². The van der Waals surface area contributed by atoms with Gasteiger partial charge in [0.05, 0.1) is 17.4 Å². The van der Waals surface area contributed by atoms with Gasteiger partial charge in [-0.1, -0.05) is 43.2 Å². The molecule has 0 unspecified atom stereocenters. The van der Waals surface area contributed by atoms with E-state index < -0.39 is 17.8 Å². The van der Waals surface area contributed by atoms with Crippen LogP contribution >= 0.6 is 11.3 Å². The van der Waals surface area contributed by atoms with E-state index in [1.165, 1.54) is 11.3 Å². The molecule has 0 aliphatic heterocycles. The zero-order chi connectivity index (χ0) is 22.7. The Morgan fingerprint density at radius 3 is 2.19 bits per heavy atom. The van der Waals surface area contributed by atoms with Gasteiger partial charge in [-0.3, -0.25) is 14.4 Å². The maximum Gasteiger partial charge on any atom is 0.307 e. The molecule has 0 fully saturated rings. The van der Waals surface area contributed by atoms with Crippen molar-refractivity contribution >= 4 is 39.8 Å². The summed E-state index contributed by atoms with van der Waals surface area (Å²) in [5, 5.41) is 15.8. The van der Waals surface area contributed by atoms with Gasteiger partial charge < -0.3 is 15.7 Å². The van der Waals surface area contributed by atoms with Crippen molar-refractivity contribution in [3.8, 4) is 0 Å². The second kappa shape index (κ2) is 9.47. The van der Waals surface area contributed by atoms with Gasteiger partial charge in [0.15, 0.2) is 0 Å². The Bertz CT molecular complexity index is 1020. The number of carbonyl (C=O) groups excluding carboxylic acids is 2. The molecule has 0 saturated carbocycles. The van der Waals surface area contributed by atoms with E-state index in [0.717, 1.165) is 16.0 Å². The minimum Gasteiger partial charge on any atom is -0.481 e. The van der Waals surface area contributed by atoms with Crippen molar-refractivity contribution in [3.63, 3.8) is 0 Å². The minimum absolute atomic E-state index is 0.188. The highest BCUT2D eigenvalue weighted by molar-refractivity contribution is 7.16. The van der Waals surface area contributed by atoms with Crippen LogP contribution in [0.3, 0.4) is 0 Å². The number of carboxylic acids is 1. The molecular weight excluding hydrogens is 412 g/mol. The molecule has 31 heavy (non-hydrogen) atoms. The molecule has 0 spiro atoms. The fourth-order valence-electron chi connectivity index (χ4n) is 3.71. The lowest BCUT2D eigenvalue weighted by Gasteiger charge is -2.29. The molecule has 6 nitrogen and oxygen atoms in total. The highest BCUT2D eigenvalue weighted by Crippen LogP contribution is 2.37. The van der Waals surface area contributed by atoms with E-state index in [1.807, 2.05) is 45.9 Å². The molecule has 3 N–H and O–H groups in total. The van der Waals surface area contributed by atoms with E-state index in [1.54, 1.807) is 18.2 Å². The number of hydrogen-bond donors (Lipinski definition) is 3. The van der Waals surface area contributed by atoms with Gasteiger partial charge in [0.25, 0.3) is 5.91 Å². The van der Waals surface area contributed by atoms with Gasteiger partial charge in [-0.05, 0) is 50.8 Å². The number of thiophene rings is 1. The summed E-state index contributed by atoms with van der Waals surface area (Å²) in [6, 6.07) is 10.9. The average molecular weight is 441 g/mol. The third-order valence-electron chi connectivity index (χ3n) is 5.75. The van der Waals surface area contributed by atoms with Crippen molar-refractivity contribution in [2.24, 2.45) is 11.8 Å². The third kappa shape index (κ3) is 5.22. The van der Waals surface area contributed by atoms with Crippen LogP contribution in [-0.2, 0) is 9.59 Å². The molecular formula is C24H28N2O4S. The highest BCUT2D eigenvalue weighted by Gasteiger charge is 2.37. The lowest BCUT2D eigenvalue weighted by molar-refractivity contribution is -0.146. The first kappa shape index (κ1) is 22.7. The van der Waals surface area contributed by atoms with Gasteiger partial charge in [0.1, 0.15) is 5.00 Å². The molecule has 2 atom stereocenters. The minimum atomic E-state index is -0.969. The van der Waals surface area contributed by atoms with Gasteiger partial charge in [-0.25, -0.2) is 0 Å². The number of amides is 2. The van der Waals surface area contributed by atoms with Crippen molar-refractivity contribution in [2.45, 2.75) is 46.5 Å². The number of carbonyl (C=O) groups is 3. The summed E-state index contributed by atoms with van der Waals surface area (Å²) in [7, 11) is 0. The second-order valence-electron chi connectivity index (χ2n) is 8.38. The number of para-hydroxylation sites is 1. The summed E-state index contributed by atoms with van der Waals surface area (Å²) in [4.78, 5) is 38.8. The van der Waals surface area contributed by atoms with Gasteiger partial charge in [-0.15, -0.1) is 11.3 Å². The molecule has 1 heterocycles. The zero-order valence-corrected chi connectivity index (χ0v) is 19.0. The molecule has 0 radical (unpaired) electrons. The Kier molecular flexibility index (Phi) is 6.95. The first-order valence-corrected chi connectivity index (χ1v) is 11.2. The van der Waals surface area contributed by atoms with Crippen LogP contribution in [0.1, 0.15) is 61.7 Å². The Morgan fingerprint density at radius 1 is 1.00 bits per heavy atom. The number of rotatable bonds is 6. The summed E-state index contributed by atoms with van der Waals surface area (Å²) in [5.74, 6) is -2.89. The van der Waals surface area contributed by atoms with Gasteiger partial charge in [0, 0.05) is 10.6 Å². The number of benzene rings is 1. The maximum absolute atomic E-state index is 13.1. The summed E-state index contributed by atoms with van der Waals surface area (Å²) >= 11 is 1.36. The molecule has 164 valence electrons. The molecule has 1 aliphatic rings. The topological polar surface area (TPSA) is 95.5 Å². The summed E-state index contributed by atoms with van der Waals surface area (Å²) in [5.41, 5.74) is 3.12. The second-order valence-corrected chi connectivity index (χ2v) is 9.46. The van der Waals surface area contributed by atoms with E-state index in [2.05, 4.69) is 10.6 Å². The Hall–Kier alpha value is -2.93. The van der Waals surface area contributed by atoms with Crippen LogP contribution in [0, 0.1) is 11.8 Å². The third-order valence-corrected chi connectivity index (χ3v) is 7.10. The first-order valence-electron chi connectivity index (χ1n) is 10.4. The van der Waals surface area contributed by atoms with E-state index in [4.69, 9.17) is 0 Å². The Balaban J connectivity index is 1.87. The predicted molar refractivity (Wildman–Crippen MR) is 124 cm³/mol. The molecule has 0 bridgehead atoms. The predicted octanol–water partition coefficient (Wildman–Crippen LogP) is 5.51. The van der Waals surface area contributed by atoms with Crippen molar-refractivity contribution in [3.05, 3.63) is 58.0 Å². The fourth-order valence-corrected chi connectivity index (χ4v) is 4.77. The Morgan fingerprint density at radius 2 is 1.61 bits per heavy atom. The summed E-state index contributed by atoms with van der Waals surface area (Å²) in [6.45, 7) is 7.90. The maximum atomic E-state index is 13.1. The van der Waals surface area contributed by atoms with Crippen molar-refractivity contribution in [1.82, 2.24) is 0 Å². The first-order chi connectivity index (χ1) is 14.7. The lowest BCUT2D eigenvalue weighted by atomic mass is 9.76. The highest BCUT2D eigenvalue weighted by atomic mass is 32.1. The summed E-state index contributed by atoms with van der Waals surface area (Å²) in [6.07, 6.45) is 0.769. The fraction of sp³-hybridized carbons (Fsp3) is 0.375. The van der Waals surface area contributed by atoms with Crippen LogP contribution in [0.25, 0.3) is 0 Å². The Labute approximate surface area is 186 Å². The number of carboxylic acid groups (broad SMARTS) is 1. The quantitative estimate of drug-likeness (QED) is 0.516. The van der Waals surface area contributed by atoms with Crippen molar-refractivity contribution in [1.29, 1.82) is 0 Å². The van der Waals surface area contributed by atoms with Gasteiger partial charge in [0.2, 0.25) is 5.91 Å². The summed E-state index contributed by atoms with van der Waals surface area (Å²) < 4.78 is 0. The van der Waals surface area contributed by atoms with E-state index in [9.17, 15) is 19.5 Å². The molecule has 0 saturated heterocycles. The molecule has 1 aromatic carbocycles. The largest absolute Gasteiger partial charge is 0.481 e. The molecule has 1 aromatic heterocycles. The molecule has 7 heteroatoms. The van der Waals surface area contributed by atoms with Crippen molar-refractivity contribution < 1.29 is 19.5 Å². The number of anilines is 2. The van der Waals surface area contributed by atoms with Crippen LogP contribution in [0.5, 0.6) is 0 Å². The van der Waals surface area contributed by atoms with Crippen molar-refractivity contribution in [2.75, 3.05) is 10.6 Å². The van der Waals surface area contributed by atoms with E-state index in [-0.39, 0.29) is 17.7 Å². The SMILES string of the molecule is CC1=C(C)C[C@@H](C(=O)O)[C@@H](C(=O)Nc2sc(C(C)C)cc2C(=O)Nc2ccccc2)C1. The lowest BCUT2D eigenvalue weighted by Crippen LogP contribution is -2.36. The smallest absolute Gasteiger partial charge is 0.307 e. The molecule has 3 rings (SSSR count). The number of aliphatic carboxylic acids is 1. The average Bonchev–Trinajstić information content (AvgIpc) is 3.14. The van der Waals surface area contributed by atoms with E-state index in [0.29, 0.717) is 29.1 Å². The van der Waals surface area contributed by atoms with Crippen LogP contribution in [0.4, 0.5) is 10.7 Å².